The van der Waals surface area contributed by atoms with Crippen LogP contribution in [0.5, 0.6) is 0 Å². The van der Waals surface area contributed by atoms with Crippen LogP contribution in [0.25, 0.3) is 0 Å². The fourth-order valence-electron chi connectivity index (χ4n) is 6.19. The molecule has 2 fully saturated rings. The van der Waals surface area contributed by atoms with E-state index in [4.69, 9.17) is 9.47 Å². The maximum Gasteiger partial charge on any atom is 0.310 e. The van der Waals surface area contributed by atoms with Crippen molar-refractivity contribution < 1.29 is 33.8 Å². The van der Waals surface area contributed by atoms with Gasteiger partial charge in [-0.15, -0.1) is 0 Å². The van der Waals surface area contributed by atoms with Crippen LogP contribution in [-0.2, 0) is 28.7 Å². The van der Waals surface area contributed by atoms with Gasteiger partial charge in [0.25, 0.3) is 0 Å². The number of hydrogen-bond donors (Lipinski definition) is 1. The maximum atomic E-state index is 12.0. The van der Waals surface area contributed by atoms with Gasteiger partial charge in [-0.2, -0.15) is 0 Å². The highest BCUT2D eigenvalue weighted by Crippen LogP contribution is 2.47. The first-order valence-corrected chi connectivity index (χ1v) is 12.2. The van der Waals surface area contributed by atoms with Gasteiger partial charge < -0.3 is 19.4 Å². The third-order valence-electron chi connectivity index (χ3n) is 7.59. The van der Waals surface area contributed by atoms with E-state index in [1.165, 1.54) is 0 Å². The van der Waals surface area contributed by atoms with Crippen molar-refractivity contribution in [2.75, 3.05) is 13.2 Å². The second-order valence-corrected chi connectivity index (χ2v) is 9.57. The molecule has 0 aromatic carbocycles. The Hall–Kier alpha value is -2.44. The minimum absolute atomic E-state index is 0.00286. The molecular weight excluding hydrogens is 424 g/mol. The summed E-state index contributed by atoms with van der Waals surface area (Å²) in [5.41, 5.74) is 0. The molecule has 8 atom stereocenters. The summed E-state index contributed by atoms with van der Waals surface area (Å²) in [6.07, 6.45) is 12.7. The number of esters is 2. The van der Waals surface area contributed by atoms with E-state index in [0.29, 0.717) is 25.6 Å². The minimum atomic E-state index is -0.878. The van der Waals surface area contributed by atoms with Gasteiger partial charge in [0.05, 0.1) is 31.0 Å². The molecule has 6 rings (SSSR count). The maximum absolute atomic E-state index is 12.0. The van der Waals surface area contributed by atoms with Crippen LogP contribution in [0.4, 0.5) is 0 Å². The number of allylic oxidation sites excluding steroid dienone is 4. The first-order chi connectivity index (χ1) is 15.8. The molecule has 182 valence electrons. The second-order valence-electron chi connectivity index (χ2n) is 9.57. The fraction of sp³-hybridized carbons (Fsp3) is 0.692. The van der Waals surface area contributed by atoms with Crippen molar-refractivity contribution in [3.8, 4) is 0 Å². The lowest BCUT2D eigenvalue weighted by molar-refractivity contribution is -0.163. The Morgan fingerprint density at radius 1 is 0.727 bits per heavy atom. The van der Waals surface area contributed by atoms with Crippen LogP contribution in [0.1, 0.15) is 52.9 Å². The van der Waals surface area contributed by atoms with Gasteiger partial charge >= 0.3 is 17.9 Å². The van der Waals surface area contributed by atoms with Gasteiger partial charge in [-0.1, -0.05) is 24.3 Å². The van der Waals surface area contributed by atoms with Crippen LogP contribution in [0, 0.1) is 47.3 Å². The van der Waals surface area contributed by atoms with Crippen LogP contribution in [0.3, 0.4) is 0 Å². The number of hydrogen-bond acceptors (Lipinski definition) is 6. The smallest absolute Gasteiger partial charge is 0.310 e. The normalized spacial score (nSPS) is 35.4. The summed E-state index contributed by atoms with van der Waals surface area (Å²) in [6.45, 7) is 5.90. The third kappa shape index (κ3) is 5.56. The Kier molecular flexibility index (Phi) is 8.49. The van der Waals surface area contributed by atoms with E-state index >= 15 is 0 Å². The Labute approximate surface area is 195 Å². The molecule has 1 N–H and O–H groups in total. The number of carboxylic acids is 1. The van der Waals surface area contributed by atoms with Crippen LogP contribution < -0.4 is 0 Å². The summed E-state index contributed by atoms with van der Waals surface area (Å²) in [5.74, 6) is -1.47. The zero-order valence-electron chi connectivity index (χ0n) is 19.8. The highest BCUT2D eigenvalue weighted by molar-refractivity contribution is 5.83. The number of carbonyl (C=O) groups excluding carboxylic acids is 3. The average molecular weight is 461 g/mol. The molecule has 7 heteroatoms. The molecule has 0 aromatic heterocycles. The highest BCUT2D eigenvalue weighted by Gasteiger charge is 2.49. The van der Waals surface area contributed by atoms with E-state index in [9.17, 15) is 24.3 Å². The molecule has 2 saturated carbocycles. The Bertz CT molecular complexity index is 813. The summed E-state index contributed by atoms with van der Waals surface area (Å²) >= 11 is 0. The van der Waals surface area contributed by atoms with Gasteiger partial charge in [0.15, 0.2) is 0 Å². The van der Waals surface area contributed by atoms with Gasteiger partial charge in [0.1, 0.15) is 5.78 Å². The van der Waals surface area contributed by atoms with Crippen molar-refractivity contribution in [3.63, 3.8) is 0 Å². The Morgan fingerprint density at radius 2 is 1.15 bits per heavy atom. The van der Waals surface area contributed by atoms with E-state index in [1.54, 1.807) is 13.8 Å². The van der Waals surface area contributed by atoms with Gasteiger partial charge in [0.2, 0.25) is 0 Å². The summed E-state index contributed by atoms with van der Waals surface area (Å²) in [4.78, 5) is 46.4. The van der Waals surface area contributed by atoms with Crippen LogP contribution in [-0.4, -0.2) is 42.0 Å². The van der Waals surface area contributed by atoms with Crippen molar-refractivity contribution >= 4 is 23.7 Å². The second kappa shape index (κ2) is 11.1. The van der Waals surface area contributed by atoms with Crippen molar-refractivity contribution in [3.05, 3.63) is 24.3 Å². The molecular formula is C26H36O7. The molecule has 33 heavy (non-hydrogen) atoms. The predicted octanol–water partition coefficient (Wildman–Crippen LogP) is 3.82. The Morgan fingerprint density at radius 3 is 1.58 bits per heavy atom. The molecule has 4 bridgehead atoms. The number of rotatable bonds is 7. The number of fused-ring (bicyclic) bond motifs is 4. The average Bonchev–Trinajstić information content (AvgIpc) is 2.80. The molecule has 0 aliphatic heterocycles. The van der Waals surface area contributed by atoms with Gasteiger partial charge in [-0.05, 0) is 76.0 Å². The van der Waals surface area contributed by atoms with Crippen LogP contribution >= 0.6 is 0 Å². The van der Waals surface area contributed by atoms with Gasteiger partial charge in [-0.3, -0.25) is 14.4 Å². The first-order valence-electron chi connectivity index (χ1n) is 12.2. The van der Waals surface area contributed by atoms with E-state index < -0.39 is 17.8 Å². The van der Waals surface area contributed by atoms with E-state index in [2.05, 4.69) is 12.2 Å². The van der Waals surface area contributed by atoms with Gasteiger partial charge in [-0.25, -0.2) is 0 Å². The lowest BCUT2D eigenvalue weighted by Gasteiger charge is -2.43. The monoisotopic (exact) mass is 460 g/mol. The molecule has 0 aromatic rings. The molecule has 2 unspecified atom stereocenters. The lowest BCUT2D eigenvalue weighted by Crippen LogP contribution is -2.45. The van der Waals surface area contributed by atoms with Crippen LogP contribution in [0.15, 0.2) is 24.3 Å². The molecule has 0 radical (unpaired) electrons. The number of Topliss-reactive ketones (excluding diaryl/α,β-unsaturated/α-hetero) is 1. The molecule has 0 saturated heterocycles. The van der Waals surface area contributed by atoms with Crippen molar-refractivity contribution in [1.29, 1.82) is 0 Å². The topological polar surface area (TPSA) is 107 Å². The van der Waals surface area contributed by atoms with Crippen molar-refractivity contribution in [2.45, 2.75) is 52.9 Å². The molecule has 7 nitrogen and oxygen atoms in total. The standard InChI is InChI=1S/C14H20O3.C12H16O4/c1-3-17-14(16)13-11-6-4-10(5-7-11)12(13)8-9(2)15;1-2-16-12(15)10-8-5-3-7(4-6-8)9(10)11(13)14/h4,6,10-13H,3,5,7-8H2,1-2H3;3,5,7-10H,2,4,6H2,1H3,(H,13,14)/t10-,11+,12?,13-;7-,8+,9?,10-/m00/s1. The van der Waals surface area contributed by atoms with Crippen molar-refractivity contribution in [2.24, 2.45) is 47.3 Å². The Balaban J connectivity index is 0.000000186. The summed E-state index contributed by atoms with van der Waals surface area (Å²) < 4.78 is 10.1. The number of carboxylic acid groups (broad SMARTS) is 1. The predicted molar refractivity (Wildman–Crippen MR) is 121 cm³/mol. The zero-order chi connectivity index (χ0) is 24.1. The van der Waals surface area contributed by atoms with Crippen LogP contribution in [0.2, 0.25) is 0 Å². The number of ether oxygens (including phenoxy) is 2. The summed E-state index contributed by atoms with van der Waals surface area (Å²) in [6, 6.07) is 0. The number of carbonyl (C=O) groups is 4. The first kappa shape index (κ1) is 25.2. The van der Waals surface area contributed by atoms with E-state index in [0.717, 1.165) is 25.7 Å². The van der Waals surface area contributed by atoms with E-state index in [1.807, 2.05) is 19.1 Å². The molecule has 0 spiro atoms. The zero-order valence-corrected chi connectivity index (χ0v) is 19.8. The third-order valence-corrected chi connectivity index (χ3v) is 7.59. The quantitative estimate of drug-likeness (QED) is 0.455. The van der Waals surface area contributed by atoms with Crippen molar-refractivity contribution in [1.82, 2.24) is 0 Å². The summed E-state index contributed by atoms with van der Waals surface area (Å²) in [5, 5.41) is 9.21. The molecule has 0 amide bonds. The molecule has 6 aliphatic rings. The van der Waals surface area contributed by atoms with Gasteiger partial charge in [0, 0.05) is 6.42 Å². The lowest BCUT2D eigenvalue weighted by atomic mass is 9.61. The molecule has 0 heterocycles. The number of aliphatic carboxylic acids is 1. The minimum Gasteiger partial charge on any atom is -0.481 e. The highest BCUT2D eigenvalue weighted by atomic mass is 16.5. The SMILES string of the molecule is CCOC(=O)[C@@H]1C(C(=O)O)[C@H]2C=C[C@@H]1CC2.CCOC(=O)[C@@H]1C(CC(C)=O)[C@H]2C=C[C@@H]1CC2. The van der Waals surface area contributed by atoms with E-state index in [-0.39, 0.29) is 47.3 Å². The molecule has 6 aliphatic carbocycles. The number of ketones is 1. The summed E-state index contributed by atoms with van der Waals surface area (Å²) in [7, 11) is 0. The fourth-order valence-corrected chi connectivity index (χ4v) is 6.19. The largest absolute Gasteiger partial charge is 0.481 e.